The molecule has 0 saturated carbocycles. The minimum absolute atomic E-state index is 0.121. The molecule has 9 nitrogen and oxygen atoms in total. The Labute approximate surface area is 188 Å². The highest BCUT2D eigenvalue weighted by Crippen LogP contribution is 2.31. The number of hydroxylamine groups is 1. The Hall–Kier alpha value is -2.65. The lowest BCUT2D eigenvalue weighted by atomic mass is 9.86. The Morgan fingerprint density at radius 1 is 1.03 bits per heavy atom. The van der Waals surface area contributed by atoms with Crippen LogP contribution in [0.3, 0.4) is 0 Å². The van der Waals surface area contributed by atoms with Crippen LogP contribution in [0.4, 0.5) is 4.79 Å². The number of carbonyl (C=O) groups is 3. The number of rotatable bonds is 4. The molecule has 0 spiro atoms. The van der Waals surface area contributed by atoms with Crippen LogP contribution < -0.4 is 5.48 Å². The number of nitrogens with one attached hydrogen (secondary N) is 1. The van der Waals surface area contributed by atoms with Gasteiger partial charge >= 0.3 is 6.09 Å². The maximum Gasteiger partial charge on any atom is 0.410 e. The van der Waals surface area contributed by atoms with Crippen LogP contribution >= 0.6 is 0 Å². The van der Waals surface area contributed by atoms with Crippen molar-refractivity contribution in [3.63, 3.8) is 0 Å². The van der Waals surface area contributed by atoms with E-state index in [0.717, 1.165) is 19.3 Å². The smallest absolute Gasteiger partial charge is 0.410 e. The summed E-state index contributed by atoms with van der Waals surface area (Å²) >= 11 is 0. The first-order chi connectivity index (χ1) is 15.5. The summed E-state index contributed by atoms with van der Waals surface area (Å²) in [5, 5.41) is 9.31. The summed E-state index contributed by atoms with van der Waals surface area (Å²) in [6, 6.07) is 9.42. The zero-order valence-electron chi connectivity index (χ0n) is 18.5. The number of benzene rings is 1. The average Bonchev–Trinajstić information content (AvgIpc) is 3.51. The van der Waals surface area contributed by atoms with Gasteiger partial charge in [0, 0.05) is 38.6 Å². The third-order valence-electron chi connectivity index (χ3n) is 6.97. The van der Waals surface area contributed by atoms with Crippen molar-refractivity contribution >= 4 is 17.9 Å². The summed E-state index contributed by atoms with van der Waals surface area (Å²) in [5.41, 5.74) is 2.91. The zero-order chi connectivity index (χ0) is 22.7. The van der Waals surface area contributed by atoms with Crippen LogP contribution in [0.15, 0.2) is 30.3 Å². The molecule has 174 valence electrons. The van der Waals surface area contributed by atoms with E-state index in [4.69, 9.17) is 4.74 Å². The molecule has 32 heavy (non-hydrogen) atoms. The van der Waals surface area contributed by atoms with E-state index < -0.39 is 24.0 Å². The molecule has 4 atom stereocenters. The van der Waals surface area contributed by atoms with Crippen LogP contribution in [0.25, 0.3) is 0 Å². The molecule has 0 unspecified atom stereocenters. The lowest BCUT2D eigenvalue weighted by molar-refractivity contribution is -0.151. The first-order valence-corrected chi connectivity index (χ1v) is 11.4. The quantitative estimate of drug-likeness (QED) is 0.538. The van der Waals surface area contributed by atoms with Gasteiger partial charge in [-0.25, -0.2) is 10.3 Å². The number of carbonyl (C=O) groups excluding carboxylic acids is 3. The fourth-order valence-corrected chi connectivity index (χ4v) is 5.27. The molecule has 4 rings (SSSR count). The van der Waals surface area contributed by atoms with Gasteiger partial charge in [0.2, 0.25) is 11.8 Å². The molecule has 3 amide bonds. The predicted octanol–water partition coefficient (Wildman–Crippen LogP) is 1.43. The van der Waals surface area contributed by atoms with Crippen LogP contribution in [0.2, 0.25) is 0 Å². The number of hydrogen-bond acceptors (Lipinski definition) is 6. The second-order valence-corrected chi connectivity index (χ2v) is 9.08. The number of amides is 3. The van der Waals surface area contributed by atoms with Gasteiger partial charge in [-0.15, -0.1) is 0 Å². The number of ether oxygens (including phenoxy) is 1. The molecular formula is C23H32N4O5. The van der Waals surface area contributed by atoms with Gasteiger partial charge in [0.1, 0.15) is 12.1 Å². The number of hydrogen-bond donors (Lipinski definition) is 2. The Morgan fingerprint density at radius 3 is 2.44 bits per heavy atom. The number of likely N-dealkylation sites (N-methyl/N-ethyl adjacent to an activating group) is 1. The molecule has 0 bridgehead atoms. The second-order valence-electron chi connectivity index (χ2n) is 9.08. The third kappa shape index (κ3) is 4.73. The lowest BCUT2D eigenvalue weighted by Crippen LogP contribution is -2.60. The second kappa shape index (κ2) is 9.87. The molecule has 1 aromatic carbocycles. The van der Waals surface area contributed by atoms with E-state index in [9.17, 15) is 19.6 Å². The molecule has 0 aromatic heterocycles. The first kappa shape index (κ1) is 22.5. The van der Waals surface area contributed by atoms with Crippen LogP contribution in [0, 0.1) is 5.92 Å². The summed E-state index contributed by atoms with van der Waals surface area (Å²) in [4.78, 5) is 43.7. The van der Waals surface area contributed by atoms with E-state index in [2.05, 4.69) is 12.1 Å². The Morgan fingerprint density at radius 2 is 1.75 bits per heavy atom. The van der Waals surface area contributed by atoms with Crippen molar-refractivity contribution in [2.24, 2.45) is 5.92 Å². The summed E-state index contributed by atoms with van der Waals surface area (Å²) in [6.45, 7) is 2.96. The molecule has 9 heteroatoms. The van der Waals surface area contributed by atoms with E-state index in [1.54, 1.807) is 22.3 Å². The van der Waals surface area contributed by atoms with Gasteiger partial charge in [0.05, 0.1) is 5.92 Å². The van der Waals surface area contributed by atoms with E-state index in [1.807, 2.05) is 23.1 Å². The molecule has 3 fully saturated rings. The topological polar surface area (TPSA) is 102 Å². The predicted molar refractivity (Wildman–Crippen MR) is 116 cm³/mol. The van der Waals surface area contributed by atoms with Crippen LogP contribution in [0.5, 0.6) is 0 Å². The standard InChI is InChI=1S/C23H32N4O5/c1-25-15-18(32-23(30)26-10-5-6-11-26)13-19(21(28)24-31)20(25)22(29)27-12-9-17(14-27)16-7-3-2-4-8-16/h2-4,7-8,17-20,31H,5-6,9-15H2,1H3,(H,24,28)/t17-,18+,19-,20-/m0/s1. The van der Waals surface area contributed by atoms with Crippen molar-refractivity contribution < 1.29 is 24.3 Å². The molecule has 3 heterocycles. The minimum atomic E-state index is -0.807. The van der Waals surface area contributed by atoms with Crippen LogP contribution in [-0.2, 0) is 14.3 Å². The Bertz CT molecular complexity index is 829. The molecule has 1 aromatic rings. The van der Waals surface area contributed by atoms with Crippen molar-refractivity contribution in [1.29, 1.82) is 0 Å². The fourth-order valence-electron chi connectivity index (χ4n) is 5.27. The van der Waals surface area contributed by atoms with E-state index in [1.165, 1.54) is 5.56 Å². The van der Waals surface area contributed by atoms with Crippen molar-refractivity contribution in [3.05, 3.63) is 35.9 Å². The van der Waals surface area contributed by atoms with E-state index in [0.29, 0.717) is 32.7 Å². The van der Waals surface area contributed by atoms with Crippen molar-refractivity contribution in [1.82, 2.24) is 20.2 Å². The highest BCUT2D eigenvalue weighted by molar-refractivity contribution is 5.90. The van der Waals surface area contributed by atoms with Gasteiger partial charge in [-0.1, -0.05) is 30.3 Å². The fraction of sp³-hybridized carbons (Fsp3) is 0.609. The van der Waals surface area contributed by atoms with Gasteiger partial charge in [0.15, 0.2) is 0 Å². The molecule has 0 radical (unpaired) electrons. The highest BCUT2D eigenvalue weighted by atomic mass is 16.6. The first-order valence-electron chi connectivity index (χ1n) is 11.4. The summed E-state index contributed by atoms with van der Waals surface area (Å²) < 4.78 is 5.66. The van der Waals surface area contributed by atoms with Gasteiger partial charge < -0.3 is 14.5 Å². The molecular weight excluding hydrogens is 412 g/mol. The third-order valence-corrected chi connectivity index (χ3v) is 6.97. The Balaban J connectivity index is 1.43. The van der Waals surface area contributed by atoms with E-state index >= 15 is 0 Å². The zero-order valence-corrected chi connectivity index (χ0v) is 18.5. The molecule has 3 aliphatic rings. The van der Waals surface area contributed by atoms with Crippen molar-refractivity contribution in [3.8, 4) is 0 Å². The van der Waals surface area contributed by atoms with Crippen LogP contribution in [0.1, 0.15) is 37.2 Å². The maximum atomic E-state index is 13.5. The largest absolute Gasteiger partial charge is 0.445 e. The highest BCUT2D eigenvalue weighted by Gasteiger charge is 2.46. The van der Waals surface area contributed by atoms with Crippen molar-refractivity contribution in [2.75, 3.05) is 39.8 Å². The SMILES string of the molecule is CN1C[C@H](OC(=O)N2CCCC2)C[C@H](C(=O)NO)[C@H]1C(=O)N1CC[C@H](c2ccccc2)C1. The van der Waals surface area contributed by atoms with Gasteiger partial charge in [-0.05, 0) is 38.3 Å². The summed E-state index contributed by atoms with van der Waals surface area (Å²) in [5.74, 6) is -1.29. The Kier molecular flexibility index (Phi) is 6.95. The molecule has 3 aliphatic heterocycles. The van der Waals surface area contributed by atoms with Crippen molar-refractivity contribution in [2.45, 2.75) is 43.7 Å². The average molecular weight is 445 g/mol. The monoisotopic (exact) mass is 444 g/mol. The molecule has 0 aliphatic carbocycles. The molecule has 2 N–H and O–H groups in total. The summed E-state index contributed by atoms with van der Waals surface area (Å²) in [7, 11) is 1.76. The minimum Gasteiger partial charge on any atom is -0.445 e. The van der Waals surface area contributed by atoms with Crippen LogP contribution in [-0.4, -0.2) is 89.7 Å². The summed E-state index contributed by atoms with van der Waals surface area (Å²) in [6.07, 6.45) is 2.10. The van der Waals surface area contributed by atoms with Gasteiger partial charge in [-0.3, -0.25) is 19.7 Å². The van der Waals surface area contributed by atoms with Gasteiger partial charge in [-0.2, -0.15) is 0 Å². The molecule has 3 saturated heterocycles. The number of piperidine rings is 1. The van der Waals surface area contributed by atoms with E-state index in [-0.39, 0.29) is 24.3 Å². The normalized spacial score (nSPS) is 28.6. The van der Waals surface area contributed by atoms with Gasteiger partial charge in [0.25, 0.3) is 0 Å². The lowest BCUT2D eigenvalue weighted by Gasteiger charge is -2.42. The maximum absolute atomic E-state index is 13.5. The number of nitrogens with zero attached hydrogens (tertiary/aromatic N) is 3. The number of likely N-dealkylation sites (tertiary alicyclic amines) is 3.